The average molecular weight is 437 g/mol. The molecule has 4 aromatic rings. The Labute approximate surface area is 181 Å². The van der Waals surface area contributed by atoms with Gasteiger partial charge in [-0.25, -0.2) is 4.79 Å². The second-order valence-electron chi connectivity index (χ2n) is 6.94. The summed E-state index contributed by atoms with van der Waals surface area (Å²) in [6, 6.07) is 19.0. The minimum atomic E-state index is -4.44. The number of benzene rings is 3. The first-order chi connectivity index (χ1) is 15.4. The van der Waals surface area contributed by atoms with Crippen molar-refractivity contribution in [1.82, 2.24) is 10.2 Å². The number of fused-ring (bicyclic) bond motifs is 1. The zero-order valence-corrected chi connectivity index (χ0v) is 17.0. The summed E-state index contributed by atoms with van der Waals surface area (Å²) in [4.78, 5) is 11.9. The summed E-state index contributed by atoms with van der Waals surface area (Å²) in [5.41, 5.74) is 1.26. The van der Waals surface area contributed by atoms with Gasteiger partial charge in [0.25, 0.3) is 0 Å². The molecule has 0 radical (unpaired) electrons. The number of ether oxygens (including phenoxy) is 1. The fourth-order valence-corrected chi connectivity index (χ4v) is 3.30. The number of esters is 1. The summed E-state index contributed by atoms with van der Waals surface area (Å²) in [6.07, 6.45) is -4.44. The van der Waals surface area contributed by atoms with E-state index in [1.165, 1.54) is 12.1 Å². The van der Waals surface area contributed by atoms with Crippen LogP contribution in [-0.4, -0.2) is 22.8 Å². The van der Waals surface area contributed by atoms with Gasteiger partial charge in [0.05, 0.1) is 17.7 Å². The Morgan fingerprint density at radius 1 is 0.938 bits per heavy atom. The van der Waals surface area contributed by atoms with Crippen molar-refractivity contribution in [3.63, 3.8) is 0 Å². The number of anilines is 2. The molecule has 0 bridgehead atoms. The topological polar surface area (TPSA) is 64.1 Å². The third-order valence-electron chi connectivity index (χ3n) is 4.81. The van der Waals surface area contributed by atoms with Crippen molar-refractivity contribution in [2.75, 3.05) is 11.9 Å². The molecule has 0 unspecified atom stereocenters. The van der Waals surface area contributed by atoms with E-state index in [2.05, 4.69) is 15.5 Å². The van der Waals surface area contributed by atoms with E-state index >= 15 is 0 Å². The molecular weight excluding hydrogens is 419 g/mol. The van der Waals surface area contributed by atoms with Crippen LogP contribution < -0.4 is 5.32 Å². The first-order valence-electron chi connectivity index (χ1n) is 9.84. The molecule has 0 fully saturated rings. The maximum atomic E-state index is 13.0. The van der Waals surface area contributed by atoms with E-state index in [1.807, 2.05) is 24.3 Å². The highest BCUT2D eigenvalue weighted by atomic mass is 19.4. The van der Waals surface area contributed by atoms with Crippen molar-refractivity contribution in [3.05, 3.63) is 83.9 Å². The number of nitrogens with zero attached hydrogens (tertiary/aromatic N) is 2. The minimum absolute atomic E-state index is 0.255. The number of carbonyl (C=O) groups excluding carboxylic acids is 1. The van der Waals surface area contributed by atoms with Crippen LogP contribution in [0.1, 0.15) is 22.8 Å². The van der Waals surface area contributed by atoms with Crippen molar-refractivity contribution in [2.24, 2.45) is 0 Å². The molecule has 1 aromatic heterocycles. The molecule has 1 heterocycles. The largest absolute Gasteiger partial charge is 0.462 e. The lowest BCUT2D eigenvalue weighted by Gasteiger charge is -2.13. The lowest BCUT2D eigenvalue weighted by Crippen LogP contribution is -2.06. The Hall–Kier alpha value is -3.94. The number of halogens is 3. The highest BCUT2D eigenvalue weighted by Gasteiger charge is 2.30. The second kappa shape index (κ2) is 8.66. The molecule has 0 spiro atoms. The van der Waals surface area contributed by atoms with E-state index < -0.39 is 17.7 Å². The van der Waals surface area contributed by atoms with Crippen LogP contribution in [0, 0.1) is 0 Å². The van der Waals surface area contributed by atoms with Crippen molar-refractivity contribution >= 4 is 28.2 Å². The zero-order chi connectivity index (χ0) is 22.7. The summed E-state index contributed by atoms with van der Waals surface area (Å²) < 4.78 is 44.1. The van der Waals surface area contributed by atoms with Crippen LogP contribution in [0.2, 0.25) is 0 Å². The molecule has 0 aliphatic rings. The summed E-state index contributed by atoms with van der Waals surface area (Å²) in [6.45, 7) is 2.03. The molecular formula is C24H18F3N3O2. The Bertz CT molecular complexity index is 1270. The summed E-state index contributed by atoms with van der Waals surface area (Å²) >= 11 is 0. The molecule has 0 saturated heterocycles. The predicted molar refractivity (Wildman–Crippen MR) is 116 cm³/mol. The summed E-state index contributed by atoms with van der Waals surface area (Å²) in [5, 5.41) is 12.9. The van der Waals surface area contributed by atoms with Gasteiger partial charge in [0.1, 0.15) is 5.69 Å². The van der Waals surface area contributed by atoms with Gasteiger partial charge >= 0.3 is 12.1 Å². The third kappa shape index (κ3) is 4.39. The van der Waals surface area contributed by atoms with Gasteiger partial charge in [-0.05, 0) is 37.3 Å². The van der Waals surface area contributed by atoms with E-state index in [9.17, 15) is 18.0 Å². The molecule has 0 aliphatic carbocycles. The predicted octanol–water partition coefficient (Wildman–Crippen LogP) is 6.24. The van der Waals surface area contributed by atoms with E-state index in [0.717, 1.165) is 23.1 Å². The summed E-state index contributed by atoms with van der Waals surface area (Å²) in [5.74, 6) is -0.0672. The van der Waals surface area contributed by atoms with Crippen LogP contribution >= 0.6 is 0 Å². The Morgan fingerprint density at radius 3 is 2.34 bits per heavy atom. The van der Waals surface area contributed by atoms with Crippen molar-refractivity contribution in [2.45, 2.75) is 13.1 Å². The molecule has 5 nitrogen and oxygen atoms in total. The fraction of sp³-hybridized carbons (Fsp3) is 0.125. The van der Waals surface area contributed by atoms with Gasteiger partial charge in [-0.1, -0.05) is 42.5 Å². The lowest BCUT2D eigenvalue weighted by atomic mass is 10.0. The van der Waals surface area contributed by atoms with Gasteiger partial charge in [0.15, 0.2) is 5.82 Å². The lowest BCUT2D eigenvalue weighted by molar-refractivity contribution is -0.137. The van der Waals surface area contributed by atoms with Crippen LogP contribution in [0.3, 0.4) is 0 Å². The average Bonchev–Trinajstić information content (AvgIpc) is 2.79. The van der Waals surface area contributed by atoms with E-state index in [1.54, 1.807) is 31.2 Å². The SMILES string of the molecule is CCOC(=O)c1ccc(-c2nnc(Nc3cccc(C(F)(F)F)c3)c3ccccc23)cc1. The highest BCUT2D eigenvalue weighted by Crippen LogP contribution is 2.34. The molecule has 162 valence electrons. The number of alkyl halides is 3. The molecule has 3 aromatic carbocycles. The minimum Gasteiger partial charge on any atom is -0.462 e. The van der Waals surface area contributed by atoms with Crippen molar-refractivity contribution in [1.29, 1.82) is 0 Å². The number of hydrogen-bond acceptors (Lipinski definition) is 5. The zero-order valence-electron chi connectivity index (χ0n) is 17.0. The molecule has 0 amide bonds. The molecule has 0 saturated carbocycles. The van der Waals surface area contributed by atoms with Gasteiger partial charge in [-0.15, -0.1) is 10.2 Å². The number of carbonyl (C=O) groups is 1. The highest BCUT2D eigenvalue weighted by molar-refractivity contribution is 6.01. The quantitative estimate of drug-likeness (QED) is 0.375. The standard InChI is InChI=1S/C24H18F3N3O2/c1-2-32-23(31)16-12-10-15(11-13-16)21-19-8-3-4-9-20(19)22(30-29-21)28-18-7-5-6-17(14-18)24(25,26)27/h3-14H,2H2,1H3,(H,28,30). The molecule has 0 atom stereocenters. The molecule has 8 heteroatoms. The van der Waals surface area contributed by atoms with Crippen LogP contribution in [-0.2, 0) is 10.9 Å². The number of rotatable bonds is 5. The third-order valence-corrected chi connectivity index (χ3v) is 4.81. The van der Waals surface area contributed by atoms with E-state index in [-0.39, 0.29) is 12.3 Å². The number of aromatic nitrogens is 2. The van der Waals surface area contributed by atoms with Gasteiger partial charge in [-0.2, -0.15) is 13.2 Å². The molecule has 32 heavy (non-hydrogen) atoms. The fourth-order valence-electron chi connectivity index (χ4n) is 3.30. The number of nitrogens with one attached hydrogen (secondary N) is 1. The Kier molecular flexibility index (Phi) is 5.77. The van der Waals surface area contributed by atoms with Crippen LogP contribution in [0.5, 0.6) is 0 Å². The van der Waals surface area contributed by atoms with Crippen LogP contribution in [0.25, 0.3) is 22.0 Å². The second-order valence-corrected chi connectivity index (χ2v) is 6.94. The molecule has 0 aliphatic heterocycles. The van der Waals surface area contributed by atoms with Crippen LogP contribution in [0.15, 0.2) is 72.8 Å². The van der Waals surface area contributed by atoms with Crippen molar-refractivity contribution in [3.8, 4) is 11.3 Å². The van der Waals surface area contributed by atoms with Gasteiger partial charge in [0, 0.05) is 22.0 Å². The van der Waals surface area contributed by atoms with Crippen molar-refractivity contribution < 1.29 is 22.7 Å². The maximum Gasteiger partial charge on any atom is 0.416 e. The van der Waals surface area contributed by atoms with Gasteiger partial charge < -0.3 is 10.1 Å². The number of hydrogen-bond donors (Lipinski definition) is 1. The van der Waals surface area contributed by atoms with E-state index in [0.29, 0.717) is 22.5 Å². The first-order valence-corrected chi connectivity index (χ1v) is 9.84. The van der Waals surface area contributed by atoms with E-state index in [4.69, 9.17) is 4.74 Å². The normalized spacial score (nSPS) is 11.4. The molecule has 1 N–H and O–H groups in total. The smallest absolute Gasteiger partial charge is 0.416 e. The van der Waals surface area contributed by atoms with Crippen LogP contribution in [0.4, 0.5) is 24.7 Å². The molecule has 4 rings (SSSR count). The Balaban J connectivity index is 1.70. The Morgan fingerprint density at radius 2 is 1.66 bits per heavy atom. The summed E-state index contributed by atoms with van der Waals surface area (Å²) in [7, 11) is 0. The van der Waals surface area contributed by atoms with Gasteiger partial charge in [-0.3, -0.25) is 0 Å². The monoisotopic (exact) mass is 437 g/mol. The maximum absolute atomic E-state index is 13.0. The first kappa shape index (κ1) is 21.3. The van der Waals surface area contributed by atoms with Gasteiger partial charge in [0.2, 0.25) is 0 Å².